The molecule has 0 saturated heterocycles. The van der Waals surface area contributed by atoms with Crippen molar-refractivity contribution in [2.24, 2.45) is 0 Å². The number of benzene rings is 3. The van der Waals surface area contributed by atoms with Crippen molar-refractivity contribution in [2.45, 2.75) is 19.9 Å². The summed E-state index contributed by atoms with van der Waals surface area (Å²) in [6.07, 6.45) is 0.533. The number of aromatic nitrogens is 1. The van der Waals surface area contributed by atoms with Gasteiger partial charge >= 0.3 is 0 Å². The summed E-state index contributed by atoms with van der Waals surface area (Å²) in [6, 6.07) is 18.0. The molecule has 0 aliphatic carbocycles. The van der Waals surface area contributed by atoms with Crippen molar-refractivity contribution in [3.8, 4) is 0 Å². The van der Waals surface area contributed by atoms with E-state index in [1.165, 1.54) is 16.7 Å². The van der Waals surface area contributed by atoms with Gasteiger partial charge in [0, 0.05) is 29.1 Å². The maximum atomic E-state index is 14.1. The highest BCUT2D eigenvalue weighted by molar-refractivity contribution is 6.20. The minimum absolute atomic E-state index is 0.0691. The van der Waals surface area contributed by atoms with Gasteiger partial charge in [0.25, 0.3) is 0 Å². The Hall–Kier alpha value is -3.93. The Morgan fingerprint density at radius 1 is 0.812 bits per heavy atom. The van der Waals surface area contributed by atoms with Crippen molar-refractivity contribution in [3.05, 3.63) is 117 Å². The zero-order valence-electron chi connectivity index (χ0n) is 17.3. The molecule has 4 aromatic rings. The fourth-order valence-electron chi connectivity index (χ4n) is 3.80. The van der Waals surface area contributed by atoms with Crippen molar-refractivity contribution in [1.82, 2.24) is 4.57 Å². The lowest BCUT2D eigenvalue weighted by Gasteiger charge is -2.19. The summed E-state index contributed by atoms with van der Waals surface area (Å²) in [6.45, 7) is 2.07. The summed E-state index contributed by atoms with van der Waals surface area (Å²) in [4.78, 5) is 40.5. The van der Waals surface area contributed by atoms with Crippen LogP contribution in [-0.2, 0) is 6.54 Å². The number of nitrogens with zero attached hydrogens (tertiary/aromatic N) is 1. The molecule has 0 bridgehead atoms. The van der Waals surface area contributed by atoms with Gasteiger partial charge in [-0.15, -0.1) is 0 Å². The average molecular weight is 431 g/mol. The summed E-state index contributed by atoms with van der Waals surface area (Å²) >= 11 is 0. The first-order valence-electron chi connectivity index (χ1n) is 10.2. The fraction of sp³-hybridized carbons (Fsp3) is 0.115. The summed E-state index contributed by atoms with van der Waals surface area (Å²) in [5.41, 5.74) is -0.719. The number of halogens is 2. The number of fused-ring (bicyclic) bond motifs is 1. The highest BCUT2D eigenvalue weighted by Crippen LogP contribution is 2.24. The van der Waals surface area contributed by atoms with Gasteiger partial charge < -0.3 is 4.57 Å². The molecule has 0 spiro atoms. The number of pyridine rings is 1. The molecule has 0 aliphatic heterocycles. The second kappa shape index (κ2) is 8.67. The quantitative estimate of drug-likeness (QED) is 0.397. The van der Waals surface area contributed by atoms with Crippen molar-refractivity contribution < 1.29 is 18.4 Å². The summed E-state index contributed by atoms with van der Waals surface area (Å²) < 4.78 is 29.6. The Balaban J connectivity index is 2.15. The van der Waals surface area contributed by atoms with E-state index in [1.54, 1.807) is 48.5 Å². The summed E-state index contributed by atoms with van der Waals surface area (Å²) in [7, 11) is 0. The van der Waals surface area contributed by atoms with Crippen LogP contribution in [0, 0.1) is 11.6 Å². The number of hydrogen-bond donors (Lipinski definition) is 0. The molecular formula is C26H19F2NO3. The van der Waals surface area contributed by atoms with Crippen LogP contribution in [0.4, 0.5) is 8.78 Å². The lowest BCUT2D eigenvalue weighted by atomic mass is 9.94. The topological polar surface area (TPSA) is 56.1 Å². The molecule has 1 heterocycles. The van der Waals surface area contributed by atoms with Crippen LogP contribution in [0.25, 0.3) is 10.9 Å². The first-order chi connectivity index (χ1) is 15.4. The Morgan fingerprint density at radius 3 is 1.91 bits per heavy atom. The molecular weight excluding hydrogens is 412 g/mol. The van der Waals surface area contributed by atoms with Gasteiger partial charge in [-0.2, -0.15) is 0 Å². The smallest absolute Gasteiger partial charge is 0.210 e. The van der Waals surface area contributed by atoms with Gasteiger partial charge in [-0.3, -0.25) is 14.4 Å². The highest BCUT2D eigenvalue weighted by Gasteiger charge is 2.28. The predicted octanol–water partition coefficient (Wildman–Crippen LogP) is 5.15. The molecule has 0 fully saturated rings. The molecule has 4 rings (SSSR count). The minimum atomic E-state index is -1.20. The van der Waals surface area contributed by atoms with Crippen molar-refractivity contribution in [1.29, 1.82) is 0 Å². The monoisotopic (exact) mass is 431 g/mol. The van der Waals surface area contributed by atoms with E-state index >= 15 is 0 Å². The van der Waals surface area contributed by atoms with Crippen LogP contribution in [0.15, 0.2) is 77.6 Å². The predicted molar refractivity (Wildman–Crippen MR) is 118 cm³/mol. The number of ketones is 2. The molecule has 0 aliphatic rings. The van der Waals surface area contributed by atoms with Crippen molar-refractivity contribution in [2.75, 3.05) is 0 Å². The Labute approximate surface area is 182 Å². The van der Waals surface area contributed by atoms with Crippen LogP contribution in [-0.4, -0.2) is 16.1 Å². The van der Waals surface area contributed by atoms with Crippen LogP contribution in [0.3, 0.4) is 0 Å². The second-order valence-electron chi connectivity index (χ2n) is 7.38. The molecule has 3 aromatic carbocycles. The molecule has 0 N–H and O–H groups in total. The van der Waals surface area contributed by atoms with Crippen LogP contribution in [0.5, 0.6) is 0 Å². The van der Waals surface area contributed by atoms with E-state index in [0.717, 1.165) is 12.1 Å². The third-order valence-corrected chi connectivity index (χ3v) is 5.27. The van der Waals surface area contributed by atoms with E-state index in [1.807, 2.05) is 6.92 Å². The van der Waals surface area contributed by atoms with Crippen molar-refractivity contribution in [3.63, 3.8) is 0 Å². The minimum Gasteiger partial charge on any atom is -0.337 e. The average Bonchev–Trinajstić information content (AvgIpc) is 2.82. The van der Waals surface area contributed by atoms with Gasteiger partial charge in [-0.05, 0) is 12.5 Å². The standard InChI is InChI=1S/C26H19F2NO3/c1-2-13-29-21-15-20(28)19(27)14-18(21)26(32)22(24(30)16-9-5-3-6-10-16)23(29)25(31)17-11-7-4-8-12-17/h3-12,14-15H,2,13H2,1H3. The first-order valence-corrected chi connectivity index (χ1v) is 10.2. The van der Waals surface area contributed by atoms with Crippen LogP contribution in [0.1, 0.15) is 45.3 Å². The molecule has 0 amide bonds. The van der Waals surface area contributed by atoms with E-state index in [9.17, 15) is 23.2 Å². The molecule has 32 heavy (non-hydrogen) atoms. The highest BCUT2D eigenvalue weighted by atomic mass is 19.2. The van der Waals surface area contributed by atoms with Crippen LogP contribution < -0.4 is 5.43 Å². The molecule has 6 heteroatoms. The van der Waals surface area contributed by atoms with Gasteiger partial charge in [0.15, 0.2) is 17.4 Å². The number of aryl methyl sites for hydroxylation is 1. The van der Waals surface area contributed by atoms with Gasteiger partial charge in [0.2, 0.25) is 11.2 Å². The molecule has 1 aromatic heterocycles. The van der Waals surface area contributed by atoms with Gasteiger partial charge in [0.05, 0.1) is 11.1 Å². The van der Waals surface area contributed by atoms with Crippen LogP contribution in [0.2, 0.25) is 0 Å². The van der Waals surface area contributed by atoms with Gasteiger partial charge in [-0.25, -0.2) is 8.78 Å². The van der Waals surface area contributed by atoms with Crippen LogP contribution >= 0.6 is 0 Å². The Bertz CT molecular complexity index is 1390. The lowest BCUT2D eigenvalue weighted by Crippen LogP contribution is -2.28. The van der Waals surface area contributed by atoms with E-state index < -0.39 is 28.6 Å². The lowest BCUT2D eigenvalue weighted by molar-refractivity contribution is 0.0995. The molecule has 0 atom stereocenters. The van der Waals surface area contributed by atoms with E-state index in [2.05, 4.69) is 0 Å². The number of hydrogen-bond acceptors (Lipinski definition) is 3. The first kappa shape index (κ1) is 21.3. The molecule has 4 nitrogen and oxygen atoms in total. The maximum Gasteiger partial charge on any atom is 0.210 e. The maximum absolute atomic E-state index is 14.1. The van der Waals surface area contributed by atoms with E-state index in [-0.39, 0.29) is 39.8 Å². The Kier molecular flexibility index (Phi) is 5.77. The SMILES string of the molecule is CCCn1c(C(=O)c2ccccc2)c(C(=O)c2ccccc2)c(=O)c2cc(F)c(F)cc21. The molecule has 0 saturated carbocycles. The largest absolute Gasteiger partial charge is 0.337 e. The normalized spacial score (nSPS) is 11.0. The molecule has 160 valence electrons. The third-order valence-electron chi connectivity index (χ3n) is 5.27. The van der Waals surface area contributed by atoms with Gasteiger partial charge in [0.1, 0.15) is 5.69 Å². The fourth-order valence-corrected chi connectivity index (χ4v) is 3.80. The van der Waals surface area contributed by atoms with Crippen molar-refractivity contribution >= 4 is 22.5 Å². The number of carbonyl (C=O) groups is 2. The summed E-state index contributed by atoms with van der Waals surface area (Å²) in [5.74, 6) is -3.52. The number of rotatable bonds is 6. The molecule has 0 radical (unpaired) electrons. The molecule has 0 unspecified atom stereocenters. The van der Waals surface area contributed by atoms with E-state index in [0.29, 0.717) is 6.42 Å². The zero-order valence-corrected chi connectivity index (χ0v) is 17.3. The van der Waals surface area contributed by atoms with Gasteiger partial charge in [-0.1, -0.05) is 67.6 Å². The second-order valence-corrected chi connectivity index (χ2v) is 7.38. The third kappa shape index (κ3) is 3.64. The van der Waals surface area contributed by atoms with E-state index in [4.69, 9.17) is 0 Å². The Morgan fingerprint density at radius 2 is 1.34 bits per heavy atom. The zero-order chi connectivity index (χ0) is 22.8. The number of carbonyl (C=O) groups excluding carboxylic acids is 2. The summed E-state index contributed by atoms with van der Waals surface area (Å²) in [5, 5.41) is -0.152.